The number of imidazole rings is 1. The summed E-state index contributed by atoms with van der Waals surface area (Å²) in [5.74, 6) is 0.738. The third-order valence-electron chi connectivity index (χ3n) is 2.89. The summed E-state index contributed by atoms with van der Waals surface area (Å²) >= 11 is 0. The van der Waals surface area contributed by atoms with Gasteiger partial charge in [0.05, 0.1) is 5.69 Å². The van der Waals surface area contributed by atoms with E-state index in [0.29, 0.717) is 0 Å². The molecular formula is C14H13N3. The van der Waals surface area contributed by atoms with Crippen molar-refractivity contribution < 1.29 is 0 Å². The fourth-order valence-electron chi connectivity index (χ4n) is 1.88. The Kier molecular flexibility index (Phi) is 2.37. The number of aryl methyl sites for hydroxylation is 1. The average Bonchev–Trinajstić information content (AvgIpc) is 2.82. The minimum Gasteiger partial charge on any atom is -0.291 e. The van der Waals surface area contributed by atoms with E-state index in [1.54, 1.807) is 6.20 Å². The Bertz CT molecular complexity index is 605. The van der Waals surface area contributed by atoms with Crippen LogP contribution in [0, 0.1) is 0 Å². The number of rotatable bonds is 2. The highest BCUT2D eigenvalue weighted by atomic mass is 15.1. The maximum atomic E-state index is 4.49. The van der Waals surface area contributed by atoms with Crippen molar-refractivity contribution in [3.05, 3.63) is 54.5 Å². The van der Waals surface area contributed by atoms with E-state index in [0.717, 1.165) is 23.5 Å². The van der Waals surface area contributed by atoms with Gasteiger partial charge in [-0.1, -0.05) is 31.2 Å². The molecule has 0 aliphatic heterocycles. The molecule has 0 atom stereocenters. The first-order valence-corrected chi connectivity index (χ1v) is 5.76. The molecule has 3 heteroatoms. The Balaban J connectivity index is 2.07. The largest absolute Gasteiger partial charge is 0.291 e. The van der Waals surface area contributed by atoms with E-state index >= 15 is 0 Å². The van der Waals surface area contributed by atoms with Crippen LogP contribution < -0.4 is 0 Å². The van der Waals surface area contributed by atoms with Crippen LogP contribution in [0.15, 0.2) is 48.9 Å². The van der Waals surface area contributed by atoms with Crippen molar-refractivity contribution in [1.82, 2.24) is 14.4 Å². The van der Waals surface area contributed by atoms with Gasteiger partial charge < -0.3 is 0 Å². The van der Waals surface area contributed by atoms with Gasteiger partial charge in [0.1, 0.15) is 0 Å². The molecule has 3 nitrogen and oxygen atoms in total. The zero-order valence-electron chi connectivity index (χ0n) is 9.67. The molecule has 0 aliphatic carbocycles. The normalized spacial score (nSPS) is 10.9. The van der Waals surface area contributed by atoms with Crippen molar-refractivity contribution in [3.63, 3.8) is 0 Å². The number of fused-ring (bicyclic) bond motifs is 1. The monoisotopic (exact) mass is 223 g/mol. The van der Waals surface area contributed by atoms with Crippen molar-refractivity contribution in [3.8, 4) is 11.3 Å². The van der Waals surface area contributed by atoms with Gasteiger partial charge in [-0.3, -0.25) is 4.40 Å². The molecule has 0 radical (unpaired) electrons. The Labute approximate surface area is 99.8 Å². The van der Waals surface area contributed by atoms with Crippen LogP contribution >= 0.6 is 0 Å². The molecule has 0 fully saturated rings. The lowest BCUT2D eigenvalue weighted by Gasteiger charge is -1.98. The molecule has 0 amide bonds. The van der Waals surface area contributed by atoms with Crippen LogP contribution in [-0.2, 0) is 6.42 Å². The Morgan fingerprint density at radius 2 is 2.00 bits per heavy atom. The van der Waals surface area contributed by atoms with Crippen LogP contribution in [-0.4, -0.2) is 14.4 Å². The lowest BCUT2D eigenvalue weighted by atomic mass is 10.1. The number of aromatic nitrogens is 3. The van der Waals surface area contributed by atoms with E-state index in [1.165, 1.54) is 5.56 Å². The molecule has 2 heterocycles. The molecule has 0 aliphatic rings. The highest BCUT2D eigenvalue weighted by Gasteiger charge is 2.04. The number of hydrogen-bond acceptors (Lipinski definition) is 2. The average molecular weight is 223 g/mol. The SMILES string of the molecule is CCc1ccc(-c2cn3cccnc3n2)cc1. The Morgan fingerprint density at radius 3 is 2.71 bits per heavy atom. The number of nitrogens with zero attached hydrogens (tertiary/aromatic N) is 3. The van der Waals surface area contributed by atoms with Gasteiger partial charge in [0, 0.05) is 24.2 Å². The van der Waals surface area contributed by atoms with Crippen molar-refractivity contribution in [2.24, 2.45) is 0 Å². The van der Waals surface area contributed by atoms with Gasteiger partial charge in [-0.05, 0) is 18.1 Å². The second kappa shape index (κ2) is 4.01. The zero-order valence-corrected chi connectivity index (χ0v) is 9.67. The Hall–Kier alpha value is -2.16. The van der Waals surface area contributed by atoms with Crippen LogP contribution in [0.5, 0.6) is 0 Å². The molecule has 0 saturated heterocycles. The molecule has 0 bridgehead atoms. The van der Waals surface area contributed by atoms with Gasteiger partial charge in [0.2, 0.25) is 5.78 Å². The van der Waals surface area contributed by atoms with Gasteiger partial charge in [-0.25, -0.2) is 9.97 Å². The lowest BCUT2D eigenvalue weighted by Crippen LogP contribution is -1.83. The number of hydrogen-bond donors (Lipinski definition) is 0. The van der Waals surface area contributed by atoms with E-state index in [-0.39, 0.29) is 0 Å². The van der Waals surface area contributed by atoms with E-state index < -0.39 is 0 Å². The molecule has 0 saturated carbocycles. The van der Waals surface area contributed by atoms with Crippen LogP contribution in [0.3, 0.4) is 0 Å². The molecule has 1 aromatic carbocycles. The molecule has 3 aromatic rings. The first-order valence-electron chi connectivity index (χ1n) is 5.76. The highest BCUT2D eigenvalue weighted by Crippen LogP contribution is 2.19. The van der Waals surface area contributed by atoms with Gasteiger partial charge in [0.25, 0.3) is 0 Å². The predicted molar refractivity (Wildman–Crippen MR) is 67.8 cm³/mol. The third kappa shape index (κ3) is 1.80. The van der Waals surface area contributed by atoms with E-state index in [4.69, 9.17) is 0 Å². The highest BCUT2D eigenvalue weighted by molar-refractivity contribution is 5.61. The fraction of sp³-hybridized carbons (Fsp3) is 0.143. The molecule has 17 heavy (non-hydrogen) atoms. The van der Waals surface area contributed by atoms with Gasteiger partial charge in [-0.2, -0.15) is 0 Å². The van der Waals surface area contributed by atoms with Gasteiger partial charge in [0.15, 0.2) is 0 Å². The summed E-state index contributed by atoms with van der Waals surface area (Å²) in [4.78, 5) is 8.70. The molecule has 0 spiro atoms. The molecule has 0 unspecified atom stereocenters. The van der Waals surface area contributed by atoms with Crippen LogP contribution in [0.2, 0.25) is 0 Å². The summed E-state index contributed by atoms with van der Waals surface area (Å²) in [5.41, 5.74) is 3.44. The van der Waals surface area contributed by atoms with E-state index in [9.17, 15) is 0 Å². The topological polar surface area (TPSA) is 30.2 Å². The molecular weight excluding hydrogens is 210 g/mol. The number of benzene rings is 1. The van der Waals surface area contributed by atoms with E-state index in [1.807, 2.05) is 22.9 Å². The summed E-state index contributed by atoms with van der Waals surface area (Å²) < 4.78 is 1.93. The summed E-state index contributed by atoms with van der Waals surface area (Å²) in [5, 5.41) is 0. The lowest BCUT2D eigenvalue weighted by molar-refractivity contribution is 1.11. The first kappa shape index (κ1) is 10.0. The third-order valence-corrected chi connectivity index (χ3v) is 2.89. The molecule has 84 valence electrons. The molecule has 3 rings (SSSR count). The van der Waals surface area contributed by atoms with E-state index in [2.05, 4.69) is 41.2 Å². The summed E-state index contributed by atoms with van der Waals surface area (Å²) in [6.07, 6.45) is 6.78. The zero-order chi connectivity index (χ0) is 11.7. The van der Waals surface area contributed by atoms with Crippen LogP contribution in [0.4, 0.5) is 0 Å². The second-order valence-electron chi connectivity index (χ2n) is 4.00. The van der Waals surface area contributed by atoms with Crippen LogP contribution in [0.1, 0.15) is 12.5 Å². The molecule has 2 aromatic heterocycles. The maximum absolute atomic E-state index is 4.49. The van der Waals surface area contributed by atoms with Crippen molar-refractivity contribution in [2.75, 3.05) is 0 Å². The second-order valence-corrected chi connectivity index (χ2v) is 4.00. The smallest absolute Gasteiger partial charge is 0.234 e. The first-order chi connectivity index (χ1) is 8.36. The van der Waals surface area contributed by atoms with Crippen molar-refractivity contribution in [2.45, 2.75) is 13.3 Å². The van der Waals surface area contributed by atoms with Crippen molar-refractivity contribution >= 4 is 5.78 Å². The summed E-state index contributed by atoms with van der Waals surface area (Å²) in [7, 11) is 0. The minimum atomic E-state index is 0.738. The summed E-state index contributed by atoms with van der Waals surface area (Å²) in [6.45, 7) is 2.16. The minimum absolute atomic E-state index is 0.738. The quantitative estimate of drug-likeness (QED) is 0.668. The fourth-order valence-corrected chi connectivity index (χ4v) is 1.88. The van der Waals surface area contributed by atoms with Crippen LogP contribution in [0.25, 0.3) is 17.0 Å². The summed E-state index contributed by atoms with van der Waals surface area (Å²) in [6, 6.07) is 10.4. The van der Waals surface area contributed by atoms with Gasteiger partial charge >= 0.3 is 0 Å². The standard InChI is InChI=1S/C14H13N3/c1-2-11-4-6-12(7-5-11)13-10-17-9-3-8-15-14(17)16-13/h3-10H,2H2,1H3. The predicted octanol–water partition coefficient (Wildman–Crippen LogP) is 2.96. The maximum Gasteiger partial charge on any atom is 0.234 e. The molecule has 0 N–H and O–H groups in total. The van der Waals surface area contributed by atoms with Crippen molar-refractivity contribution in [1.29, 1.82) is 0 Å². The Morgan fingerprint density at radius 1 is 1.18 bits per heavy atom. The van der Waals surface area contributed by atoms with Gasteiger partial charge in [-0.15, -0.1) is 0 Å².